The van der Waals surface area contributed by atoms with Gasteiger partial charge in [0.25, 0.3) is 0 Å². The van der Waals surface area contributed by atoms with Crippen molar-refractivity contribution in [1.29, 1.82) is 0 Å². The predicted octanol–water partition coefficient (Wildman–Crippen LogP) is 3.23. The van der Waals surface area contributed by atoms with E-state index in [1.807, 2.05) is 0 Å². The highest BCUT2D eigenvalue weighted by Crippen LogP contribution is 2.35. The Hall–Kier alpha value is -1.20. The van der Waals surface area contributed by atoms with E-state index in [2.05, 4.69) is 5.18 Å². The summed E-state index contributed by atoms with van der Waals surface area (Å²) in [5.41, 5.74) is -1.29. The Labute approximate surface area is 87.2 Å². The molecule has 0 fully saturated rings. The molecule has 0 aromatic heterocycles. The van der Waals surface area contributed by atoms with Gasteiger partial charge in [0, 0.05) is 0 Å². The first-order chi connectivity index (χ1) is 6.49. The van der Waals surface area contributed by atoms with Gasteiger partial charge in [0.05, 0.1) is 15.6 Å². The SMILES string of the molecule is O=Nc1c(F)cc(Cl)c(C(=O)O)c1Cl. The van der Waals surface area contributed by atoms with Crippen molar-refractivity contribution in [3.8, 4) is 0 Å². The number of hydrogen-bond donors (Lipinski definition) is 1. The van der Waals surface area contributed by atoms with Crippen LogP contribution in [0.1, 0.15) is 10.4 Å². The van der Waals surface area contributed by atoms with Gasteiger partial charge in [0.15, 0.2) is 11.5 Å². The molecule has 0 spiro atoms. The molecule has 0 atom stereocenters. The van der Waals surface area contributed by atoms with Gasteiger partial charge in [-0.3, -0.25) is 0 Å². The average Bonchev–Trinajstić information content (AvgIpc) is 2.02. The maximum absolute atomic E-state index is 12.9. The average molecular weight is 238 g/mol. The van der Waals surface area contributed by atoms with Crippen molar-refractivity contribution in [1.82, 2.24) is 0 Å². The van der Waals surface area contributed by atoms with Gasteiger partial charge in [-0.05, 0) is 11.2 Å². The van der Waals surface area contributed by atoms with Crippen molar-refractivity contribution < 1.29 is 14.3 Å². The Kier molecular flexibility index (Phi) is 3.03. The van der Waals surface area contributed by atoms with Crippen LogP contribution >= 0.6 is 23.2 Å². The van der Waals surface area contributed by atoms with Gasteiger partial charge in [-0.2, -0.15) is 0 Å². The smallest absolute Gasteiger partial charge is 0.338 e. The molecule has 14 heavy (non-hydrogen) atoms. The number of nitrogens with zero attached hydrogens (tertiary/aromatic N) is 1. The molecule has 0 aliphatic heterocycles. The number of carboxylic acids is 1. The Balaban J connectivity index is 3.60. The molecule has 0 aliphatic carbocycles. The number of aromatic carboxylic acids is 1. The van der Waals surface area contributed by atoms with Gasteiger partial charge in [-0.1, -0.05) is 23.2 Å². The third-order valence-electron chi connectivity index (χ3n) is 1.45. The molecule has 0 heterocycles. The first-order valence-corrected chi connectivity index (χ1v) is 3.98. The number of halogens is 3. The second-order valence-electron chi connectivity index (χ2n) is 2.27. The zero-order valence-corrected chi connectivity index (χ0v) is 7.93. The summed E-state index contributed by atoms with van der Waals surface area (Å²) in [5, 5.41) is 9.92. The molecule has 7 heteroatoms. The second-order valence-corrected chi connectivity index (χ2v) is 3.06. The molecule has 0 amide bonds. The van der Waals surface area contributed by atoms with E-state index in [9.17, 15) is 14.1 Å². The van der Waals surface area contributed by atoms with E-state index in [0.717, 1.165) is 0 Å². The zero-order chi connectivity index (χ0) is 10.9. The van der Waals surface area contributed by atoms with Gasteiger partial charge in [0.2, 0.25) is 0 Å². The van der Waals surface area contributed by atoms with Crippen molar-refractivity contribution in [2.45, 2.75) is 0 Å². The highest BCUT2D eigenvalue weighted by atomic mass is 35.5. The minimum absolute atomic E-state index is 0.382. The van der Waals surface area contributed by atoms with E-state index in [-0.39, 0.29) is 5.02 Å². The third kappa shape index (κ3) is 1.69. The molecule has 0 radical (unpaired) electrons. The molecule has 4 nitrogen and oxygen atoms in total. The summed E-state index contributed by atoms with van der Waals surface area (Å²) in [7, 11) is 0. The summed E-state index contributed by atoms with van der Waals surface area (Å²) >= 11 is 10.8. The molecular weight excluding hydrogens is 236 g/mol. The summed E-state index contributed by atoms with van der Waals surface area (Å²) < 4.78 is 12.9. The molecule has 0 bridgehead atoms. The van der Waals surface area contributed by atoms with E-state index in [1.54, 1.807) is 0 Å². The molecule has 1 aromatic rings. The topological polar surface area (TPSA) is 66.7 Å². The van der Waals surface area contributed by atoms with Crippen LogP contribution in [0.25, 0.3) is 0 Å². The summed E-state index contributed by atoms with van der Waals surface area (Å²) in [4.78, 5) is 20.7. The predicted molar refractivity (Wildman–Crippen MR) is 48.8 cm³/mol. The fourth-order valence-corrected chi connectivity index (χ4v) is 1.49. The highest BCUT2D eigenvalue weighted by molar-refractivity contribution is 6.40. The van der Waals surface area contributed by atoms with Crippen LogP contribution in [-0.2, 0) is 0 Å². The van der Waals surface area contributed by atoms with Crippen LogP contribution in [0.5, 0.6) is 0 Å². The summed E-state index contributed by atoms with van der Waals surface area (Å²) in [6.07, 6.45) is 0. The largest absolute Gasteiger partial charge is 0.478 e. The van der Waals surface area contributed by atoms with Crippen LogP contribution < -0.4 is 0 Å². The number of nitroso groups, excluding NO2 is 1. The lowest BCUT2D eigenvalue weighted by atomic mass is 10.2. The maximum Gasteiger partial charge on any atom is 0.338 e. The Morgan fingerprint density at radius 1 is 1.50 bits per heavy atom. The lowest BCUT2D eigenvalue weighted by molar-refractivity contribution is 0.0697. The lowest BCUT2D eigenvalue weighted by Gasteiger charge is -2.03. The van der Waals surface area contributed by atoms with Gasteiger partial charge in [-0.25, -0.2) is 9.18 Å². The molecule has 74 valence electrons. The van der Waals surface area contributed by atoms with Crippen molar-refractivity contribution in [2.75, 3.05) is 0 Å². The number of carbonyl (C=O) groups is 1. The van der Waals surface area contributed by atoms with Crippen molar-refractivity contribution in [3.05, 3.63) is 32.4 Å². The monoisotopic (exact) mass is 237 g/mol. The van der Waals surface area contributed by atoms with Crippen LogP contribution in [0.4, 0.5) is 10.1 Å². The van der Waals surface area contributed by atoms with E-state index in [0.29, 0.717) is 6.07 Å². The normalized spacial score (nSPS) is 9.93. The molecule has 1 rings (SSSR count). The van der Waals surface area contributed by atoms with E-state index in [1.165, 1.54) is 0 Å². The third-order valence-corrected chi connectivity index (χ3v) is 2.12. The van der Waals surface area contributed by atoms with Crippen LogP contribution in [0.2, 0.25) is 10.0 Å². The molecule has 0 aliphatic rings. The summed E-state index contributed by atoms with van der Waals surface area (Å²) in [5.74, 6) is -2.51. The zero-order valence-electron chi connectivity index (χ0n) is 6.42. The van der Waals surface area contributed by atoms with E-state index in [4.69, 9.17) is 28.3 Å². The molecule has 1 N–H and O–H groups in total. The fraction of sp³-hybridized carbons (Fsp3) is 0. The highest BCUT2D eigenvalue weighted by Gasteiger charge is 2.21. The summed E-state index contributed by atoms with van der Waals surface area (Å²) in [6, 6.07) is 0.674. The number of rotatable bonds is 2. The van der Waals surface area contributed by atoms with E-state index < -0.39 is 28.1 Å². The quantitative estimate of drug-likeness (QED) is 0.804. The maximum atomic E-state index is 12.9. The Bertz CT molecular complexity index is 422. The Morgan fingerprint density at radius 3 is 2.50 bits per heavy atom. The van der Waals surface area contributed by atoms with Crippen molar-refractivity contribution >= 4 is 34.9 Å². The van der Waals surface area contributed by atoms with Crippen LogP contribution in [0.3, 0.4) is 0 Å². The van der Waals surface area contributed by atoms with Gasteiger partial charge < -0.3 is 5.11 Å². The molecule has 0 saturated heterocycles. The summed E-state index contributed by atoms with van der Waals surface area (Å²) in [6.45, 7) is 0. The first-order valence-electron chi connectivity index (χ1n) is 3.23. The minimum atomic E-state index is -1.45. The Morgan fingerprint density at radius 2 is 2.07 bits per heavy atom. The number of hydrogen-bond acceptors (Lipinski definition) is 3. The molecular formula is C7H2Cl2FNO3. The molecule has 0 unspecified atom stereocenters. The minimum Gasteiger partial charge on any atom is -0.478 e. The molecule has 1 aromatic carbocycles. The van der Waals surface area contributed by atoms with Crippen molar-refractivity contribution in [3.63, 3.8) is 0 Å². The first kappa shape index (κ1) is 10.9. The lowest BCUT2D eigenvalue weighted by Crippen LogP contribution is -2.00. The fourth-order valence-electron chi connectivity index (χ4n) is 0.860. The standard InChI is InChI=1S/C7H2Cl2FNO3/c8-2-1-3(10)6(11-14)5(9)4(2)7(12)13/h1H,(H,12,13). The van der Waals surface area contributed by atoms with Gasteiger partial charge >= 0.3 is 5.97 Å². The number of benzene rings is 1. The van der Waals surface area contributed by atoms with Crippen LogP contribution in [0.15, 0.2) is 11.2 Å². The van der Waals surface area contributed by atoms with Crippen molar-refractivity contribution in [2.24, 2.45) is 5.18 Å². The van der Waals surface area contributed by atoms with Gasteiger partial charge in [0.1, 0.15) is 0 Å². The van der Waals surface area contributed by atoms with Crippen LogP contribution in [0, 0.1) is 10.7 Å². The molecule has 0 saturated carbocycles. The number of carboxylic acid groups (broad SMARTS) is 1. The van der Waals surface area contributed by atoms with Crippen LogP contribution in [-0.4, -0.2) is 11.1 Å². The second kappa shape index (κ2) is 3.89. The van der Waals surface area contributed by atoms with E-state index >= 15 is 0 Å². The van der Waals surface area contributed by atoms with Gasteiger partial charge in [-0.15, -0.1) is 4.91 Å².